The number of hydrogen-bond acceptors (Lipinski definition) is 4. The first-order valence-corrected chi connectivity index (χ1v) is 4.84. The highest BCUT2D eigenvalue weighted by Crippen LogP contribution is 2.32. The van der Waals surface area contributed by atoms with Crippen molar-refractivity contribution in [2.75, 3.05) is 0 Å². The van der Waals surface area contributed by atoms with Gasteiger partial charge in [-0.2, -0.15) is 0 Å². The van der Waals surface area contributed by atoms with Crippen LogP contribution in [0, 0.1) is 10.1 Å². The molecule has 9 heteroatoms. The van der Waals surface area contributed by atoms with Gasteiger partial charge >= 0.3 is 5.69 Å². The van der Waals surface area contributed by atoms with E-state index in [1.54, 1.807) is 0 Å². The molecule has 0 aliphatic rings. The summed E-state index contributed by atoms with van der Waals surface area (Å²) in [4.78, 5) is 23.6. The first-order valence-electron chi connectivity index (χ1n) is 3.67. The van der Waals surface area contributed by atoms with Crippen molar-refractivity contribution in [2.24, 2.45) is 0 Å². The van der Waals surface area contributed by atoms with Crippen molar-refractivity contribution in [2.45, 2.75) is 6.43 Å². The minimum absolute atomic E-state index is 0.127. The van der Waals surface area contributed by atoms with Crippen LogP contribution >= 0.6 is 27.5 Å². The molecule has 0 saturated heterocycles. The van der Waals surface area contributed by atoms with Crippen LogP contribution in [-0.4, -0.2) is 15.1 Å². The highest BCUT2D eigenvalue weighted by molar-refractivity contribution is 9.10. The molecule has 0 amide bonds. The van der Waals surface area contributed by atoms with Crippen LogP contribution in [0.5, 0.6) is 0 Å². The lowest BCUT2D eigenvalue weighted by Gasteiger charge is -2.04. The Morgan fingerprint density at radius 3 is 2.56 bits per heavy atom. The maximum atomic E-state index is 12.5. The Kier molecular flexibility index (Phi) is 3.87. The Morgan fingerprint density at radius 2 is 2.19 bits per heavy atom. The molecule has 5 nitrogen and oxygen atoms in total. The molecule has 0 fully saturated rings. The number of hydrogen-bond donors (Lipinski definition) is 0. The predicted octanol–water partition coefficient (Wildman–Crippen LogP) is 3.07. The summed E-state index contributed by atoms with van der Waals surface area (Å²) in [6, 6.07) is 0.916. The third kappa shape index (κ3) is 2.50. The number of carbonyl (C=O) groups excluding carboxylic acids is 1. The molecule has 0 N–H and O–H groups in total. The van der Waals surface area contributed by atoms with Crippen LogP contribution in [-0.2, 0) is 0 Å². The molecule has 0 aliphatic heterocycles. The van der Waals surface area contributed by atoms with Crippen molar-refractivity contribution in [1.29, 1.82) is 0 Å². The van der Waals surface area contributed by atoms with E-state index < -0.39 is 33.5 Å². The molecule has 0 atom stereocenters. The van der Waals surface area contributed by atoms with Crippen molar-refractivity contribution in [3.05, 3.63) is 32.0 Å². The average Bonchev–Trinajstić information content (AvgIpc) is 2.15. The summed E-state index contributed by atoms with van der Waals surface area (Å²) in [5, 5.41) is 9.37. The van der Waals surface area contributed by atoms with E-state index in [0.717, 1.165) is 6.07 Å². The highest BCUT2D eigenvalue weighted by atomic mass is 79.9. The largest absolute Gasteiger partial charge is 0.308 e. The second-order valence-electron chi connectivity index (χ2n) is 2.56. The standard InChI is InChI=1S/C7H2BrClF2N2O3/c8-3-1-2(6(9)14)5(13(15)16)4(12-3)7(10)11/h1,7H. The Hall–Kier alpha value is -1.15. The molecule has 0 radical (unpaired) electrons. The third-order valence-corrected chi connectivity index (χ3v) is 2.20. The van der Waals surface area contributed by atoms with Crippen LogP contribution in [0.25, 0.3) is 0 Å². The van der Waals surface area contributed by atoms with Crippen LogP contribution in [0.3, 0.4) is 0 Å². The lowest BCUT2D eigenvalue weighted by molar-refractivity contribution is -0.386. The normalized spacial score (nSPS) is 10.6. The molecule has 1 aromatic rings. The van der Waals surface area contributed by atoms with Crippen LogP contribution in [0.4, 0.5) is 14.5 Å². The van der Waals surface area contributed by atoms with Gasteiger partial charge in [0.05, 0.1) is 4.92 Å². The maximum Gasteiger partial charge on any atom is 0.308 e. The van der Waals surface area contributed by atoms with Crippen molar-refractivity contribution in [3.63, 3.8) is 0 Å². The molecule has 0 saturated carbocycles. The zero-order valence-corrected chi connectivity index (χ0v) is 9.63. The number of alkyl halides is 2. The second kappa shape index (κ2) is 4.79. The van der Waals surface area contributed by atoms with Crippen molar-refractivity contribution in [1.82, 2.24) is 4.98 Å². The maximum absolute atomic E-state index is 12.5. The molecule has 0 bridgehead atoms. The summed E-state index contributed by atoms with van der Waals surface area (Å²) in [6.45, 7) is 0. The van der Waals surface area contributed by atoms with Crippen LogP contribution in [0.15, 0.2) is 10.7 Å². The summed E-state index contributed by atoms with van der Waals surface area (Å²) in [5.74, 6) is 0. The quantitative estimate of drug-likeness (QED) is 0.372. The Morgan fingerprint density at radius 1 is 1.62 bits per heavy atom. The van der Waals surface area contributed by atoms with E-state index in [1.165, 1.54) is 0 Å². The SMILES string of the molecule is O=C(Cl)c1cc(Br)nc(C(F)F)c1[N+](=O)[O-]. The predicted molar refractivity (Wildman–Crippen MR) is 53.7 cm³/mol. The summed E-state index contributed by atoms with van der Waals surface area (Å²) in [7, 11) is 0. The average molecular weight is 315 g/mol. The topological polar surface area (TPSA) is 73.1 Å². The van der Waals surface area contributed by atoms with Crippen LogP contribution in [0.1, 0.15) is 22.5 Å². The van der Waals surface area contributed by atoms with E-state index in [1.807, 2.05) is 0 Å². The highest BCUT2D eigenvalue weighted by Gasteiger charge is 2.30. The number of aromatic nitrogens is 1. The summed E-state index contributed by atoms with van der Waals surface area (Å²) >= 11 is 7.82. The van der Waals surface area contributed by atoms with Gasteiger partial charge in [0.2, 0.25) is 0 Å². The molecular weight excluding hydrogens is 313 g/mol. The van der Waals surface area contributed by atoms with Crippen LogP contribution in [0.2, 0.25) is 0 Å². The summed E-state index contributed by atoms with van der Waals surface area (Å²) < 4.78 is 24.8. The molecule has 16 heavy (non-hydrogen) atoms. The summed E-state index contributed by atoms with van der Waals surface area (Å²) in [5.41, 5.74) is -2.79. The number of carbonyl (C=O) groups is 1. The fourth-order valence-corrected chi connectivity index (χ4v) is 1.58. The van der Waals surface area contributed by atoms with E-state index >= 15 is 0 Å². The molecule has 0 aromatic carbocycles. The van der Waals surface area contributed by atoms with E-state index in [-0.39, 0.29) is 4.60 Å². The second-order valence-corrected chi connectivity index (χ2v) is 3.71. The molecule has 1 heterocycles. The minimum atomic E-state index is -3.17. The monoisotopic (exact) mass is 314 g/mol. The van der Waals surface area contributed by atoms with Gasteiger partial charge in [-0.05, 0) is 33.6 Å². The zero-order valence-electron chi connectivity index (χ0n) is 7.29. The number of halogens is 4. The Labute approximate surface area is 101 Å². The fourth-order valence-electron chi connectivity index (χ4n) is 1.02. The smallest absolute Gasteiger partial charge is 0.275 e. The Balaban J connectivity index is 3.60. The molecule has 0 aliphatic carbocycles. The lowest BCUT2D eigenvalue weighted by Crippen LogP contribution is -2.06. The molecule has 1 rings (SSSR count). The summed E-state index contributed by atoms with van der Waals surface area (Å²) in [6.07, 6.45) is -3.17. The van der Waals surface area contributed by atoms with Gasteiger partial charge < -0.3 is 0 Å². The van der Waals surface area contributed by atoms with E-state index in [9.17, 15) is 23.7 Å². The van der Waals surface area contributed by atoms with Gasteiger partial charge in [-0.15, -0.1) is 0 Å². The van der Waals surface area contributed by atoms with Gasteiger partial charge in [0.1, 0.15) is 10.2 Å². The Bertz CT molecular complexity index is 469. The molecule has 1 aromatic heterocycles. The molecule has 86 valence electrons. The first-order chi connectivity index (χ1) is 7.34. The van der Waals surface area contributed by atoms with Gasteiger partial charge in [0.25, 0.3) is 11.7 Å². The fraction of sp³-hybridized carbons (Fsp3) is 0.143. The zero-order chi connectivity index (χ0) is 12.5. The minimum Gasteiger partial charge on any atom is -0.275 e. The van der Waals surface area contributed by atoms with Gasteiger partial charge in [-0.1, -0.05) is 0 Å². The number of nitro groups is 1. The van der Waals surface area contributed by atoms with Gasteiger partial charge in [0.15, 0.2) is 5.69 Å². The molecule has 0 unspecified atom stereocenters. The van der Waals surface area contributed by atoms with Crippen molar-refractivity contribution >= 4 is 38.5 Å². The van der Waals surface area contributed by atoms with E-state index in [4.69, 9.17) is 11.6 Å². The van der Waals surface area contributed by atoms with Gasteiger partial charge in [-0.25, -0.2) is 13.8 Å². The van der Waals surface area contributed by atoms with E-state index in [2.05, 4.69) is 20.9 Å². The molecular formula is C7H2BrClF2N2O3. The van der Waals surface area contributed by atoms with Crippen molar-refractivity contribution < 1.29 is 18.5 Å². The third-order valence-electron chi connectivity index (χ3n) is 1.59. The van der Waals surface area contributed by atoms with Gasteiger partial charge in [-0.3, -0.25) is 14.9 Å². The molecule has 0 spiro atoms. The van der Waals surface area contributed by atoms with Crippen molar-refractivity contribution in [3.8, 4) is 0 Å². The first kappa shape index (κ1) is 12.9. The van der Waals surface area contributed by atoms with E-state index in [0.29, 0.717) is 0 Å². The number of rotatable bonds is 3. The number of nitrogens with zero attached hydrogens (tertiary/aromatic N) is 2. The van der Waals surface area contributed by atoms with Crippen LogP contribution < -0.4 is 0 Å². The lowest BCUT2D eigenvalue weighted by atomic mass is 10.2. The number of pyridine rings is 1. The van der Waals surface area contributed by atoms with Gasteiger partial charge in [0, 0.05) is 0 Å².